The number of nitrogens with zero attached hydrogens (tertiary/aromatic N) is 2. The van der Waals surface area contributed by atoms with E-state index in [2.05, 4.69) is 5.10 Å². The lowest BCUT2D eigenvalue weighted by Gasteiger charge is -2.16. The number of hydrogen-bond donors (Lipinski definition) is 0. The van der Waals surface area contributed by atoms with Gasteiger partial charge in [0.2, 0.25) is 0 Å². The van der Waals surface area contributed by atoms with E-state index in [4.69, 9.17) is 0 Å². The van der Waals surface area contributed by atoms with Crippen molar-refractivity contribution in [1.82, 2.24) is 9.78 Å². The van der Waals surface area contributed by atoms with Gasteiger partial charge in [0.15, 0.2) is 5.78 Å². The number of carbonyl (C=O) groups is 1. The first kappa shape index (κ1) is 12.6. The fraction of sp³-hybridized carbons (Fsp3) is 0.333. The predicted octanol–water partition coefficient (Wildman–Crippen LogP) is 3.32. The van der Waals surface area contributed by atoms with Crippen molar-refractivity contribution < 1.29 is 4.79 Å². The zero-order valence-corrected chi connectivity index (χ0v) is 11.3. The van der Waals surface area contributed by atoms with Crippen LogP contribution in [0.4, 0.5) is 0 Å². The SMILES string of the molecule is Cn1cc(-c2ccc(C(=O)C(C)(C)C)cc2)cn1. The van der Waals surface area contributed by atoms with Crippen LogP contribution in [0.25, 0.3) is 11.1 Å². The molecule has 0 aliphatic carbocycles. The highest BCUT2D eigenvalue weighted by atomic mass is 16.1. The second-order valence-corrected chi connectivity index (χ2v) is 5.56. The number of aromatic nitrogens is 2. The van der Waals surface area contributed by atoms with Crippen LogP contribution in [-0.4, -0.2) is 15.6 Å². The molecule has 3 heteroatoms. The molecule has 0 aliphatic rings. The van der Waals surface area contributed by atoms with E-state index in [-0.39, 0.29) is 11.2 Å². The fourth-order valence-corrected chi connectivity index (χ4v) is 1.82. The van der Waals surface area contributed by atoms with Gasteiger partial charge in [0, 0.05) is 29.8 Å². The normalized spacial score (nSPS) is 11.6. The highest BCUT2D eigenvalue weighted by Gasteiger charge is 2.22. The zero-order chi connectivity index (χ0) is 13.3. The Morgan fingerprint density at radius 2 is 1.72 bits per heavy atom. The smallest absolute Gasteiger partial charge is 0.168 e. The molecule has 0 bridgehead atoms. The monoisotopic (exact) mass is 242 g/mol. The van der Waals surface area contributed by atoms with Crippen LogP contribution in [0.2, 0.25) is 0 Å². The van der Waals surface area contributed by atoms with Gasteiger partial charge in [0.05, 0.1) is 6.20 Å². The molecule has 94 valence electrons. The predicted molar refractivity (Wildman–Crippen MR) is 72.4 cm³/mol. The molecule has 0 amide bonds. The van der Waals surface area contributed by atoms with Crippen LogP contribution in [0.15, 0.2) is 36.7 Å². The number of carbonyl (C=O) groups excluding carboxylic acids is 1. The lowest BCUT2D eigenvalue weighted by molar-refractivity contribution is 0.0858. The van der Waals surface area contributed by atoms with Crippen LogP contribution < -0.4 is 0 Å². The lowest BCUT2D eigenvalue weighted by atomic mass is 9.86. The third-order valence-corrected chi connectivity index (χ3v) is 2.87. The minimum absolute atomic E-state index is 0.167. The Morgan fingerprint density at radius 3 is 2.17 bits per heavy atom. The van der Waals surface area contributed by atoms with Crippen molar-refractivity contribution in [2.45, 2.75) is 20.8 Å². The molecule has 2 rings (SSSR count). The molecule has 0 fully saturated rings. The summed E-state index contributed by atoms with van der Waals surface area (Å²) in [5.41, 5.74) is 2.56. The first-order chi connectivity index (χ1) is 8.38. The van der Waals surface area contributed by atoms with Crippen LogP contribution in [0.1, 0.15) is 31.1 Å². The average Bonchev–Trinajstić information content (AvgIpc) is 2.74. The van der Waals surface area contributed by atoms with Crippen LogP contribution in [-0.2, 0) is 7.05 Å². The summed E-state index contributed by atoms with van der Waals surface area (Å²) in [5.74, 6) is 0.167. The summed E-state index contributed by atoms with van der Waals surface area (Å²) in [7, 11) is 1.89. The van der Waals surface area contributed by atoms with Crippen molar-refractivity contribution in [3.8, 4) is 11.1 Å². The van der Waals surface area contributed by atoms with Gasteiger partial charge in [0.25, 0.3) is 0 Å². The maximum absolute atomic E-state index is 12.1. The van der Waals surface area contributed by atoms with E-state index in [0.717, 1.165) is 16.7 Å². The number of ketones is 1. The third kappa shape index (κ3) is 2.50. The Bertz CT molecular complexity index is 559. The summed E-state index contributed by atoms with van der Waals surface area (Å²) in [6.07, 6.45) is 3.78. The molecule has 0 unspecified atom stereocenters. The van der Waals surface area contributed by atoms with Crippen molar-refractivity contribution in [1.29, 1.82) is 0 Å². The van der Waals surface area contributed by atoms with E-state index < -0.39 is 0 Å². The van der Waals surface area contributed by atoms with Gasteiger partial charge in [-0.15, -0.1) is 0 Å². The van der Waals surface area contributed by atoms with Gasteiger partial charge in [-0.2, -0.15) is 5.10 Å². The number of aryl methyl sites for hydroxylation is 1. The minimum Gasteiger partial charge on any atom is -0.294 e. The second kappa shape index (κ2) is 4.41. The van der Waals surface area contributed by atoms with E-state index >= 15 is 0 Å². The molecule has 0 saturated carbocycles. The van der Waals surface area contributed by atoms with Crippen molar-refractivity contribution >= 4 is 5.78 Å². The Morgan fingerprint density at radius 1 is 1.11 bits per heavy atom. The molecule has 0 saturated heterocycles. The average molecular weight is 242 g/mol. The standard InChI is InChI=1S/C15H18N2O/c1-15(2,3)14(18)12-7-5-11(6-8-12)13-9-16-17(4)10-13/h5-10H,1-4H3. The minimum atomic E-state index is -0.337. The molecule has 2 aromatic rings. The summed E-state index contributed by atoms with van der Waals surface area (Å²) in [6, 6.07) is 7.71. The largest absolute Gasteiger partial charge is 0.294 e. The van der Waals surface area contributed by atoms with E-state index in [1.54, 1.807) is 4.68 Å². The molecule has 0 radical (unpaired) electrons. The maximum Gasteiger partial charge on any atom is 0.168 e. The van der Waals surface area contributed by atoms with Crippen molar-refractivity contribution in [2.75, 3.05) is 0 Å². The second-order valence-electron chi connectivity index (χ2n) is 5.56. The van der Waals surface area contributed by atoms with Gasteiger partial charge in [-0.05, 0) is 5.56 Å². The summed E-state index contributed by atoms with van der Waals surface area (Å²) in [5, 5.41) is 4.14. The zero-order valence-electron chi connectivity index (χ0n) is 11.3. The fourth-order valence-electron chi connectivity index (χ4n) is 1.82. The van der Waals surface area contributed by atoms with Crippen LogP contribution in [0, 0.1) is 5.41 Å². The molecule has 1 aromatic heterocycles. The Kier molecular flexibility index (Phi) is 3.07. The number of rotatable bonds is 2. The molecule has 18 heavy (non-hydrogen) atoms. The van der Waals surface area contributed by atoms with Crippen LogP contribution >= 0.6 is 0 Å². The number of hydrogen-bond acceptors (Lipinski definition) is 2. The molecule has 1 heterocycles. The maximum atomic E-state index is 12.1. The van der Waals surface area contributed by atoms with Crippen LogP contribution in [0.3, 0.4) is 0 Å². The van der Waals surface area contributed by atoms with E-state index in [9.17, 15) is 4.79 Å². The molecule has 0 aliphatic heterocycles. The van der Waals surface area contributed by atoms with Gasteiger partial charge in [-0.3, -0.25) is 9.48 Å². The number of Topliss-reactive ketones (excluding diaryl/α,β-unsaturated/α-hetero) is 1. The summed E-state index contributed by atoms with van der Waals surface area (Å²) < 4.78 is 1.77. The Labute approximate surface area is 107 Å². The Hall–Kier alpha value is -1.90. The lowest BCUT2D eigenvalue weighted by Crippen LogP contribution is -2.19. The Balaban J connectivity index is 2.28. The molecule has 0 N–H and O–H groups in total. The van der Waals surface area contributed by atoms with Crippen LogP contribution in [0.5, 0.6) is 0 Å². The van der Waals surface area contributed by atoms with Gasteiger partial charge in [-0.25, -0.2) is 0 Å². The van der Waals surface area contributed by atoms with Gasteiger partial charge < -0.3 is 0 Å². The third-order valence-electron chi connectivity index (χ3n) is 2.87. The van der Waals surface area contributed by atoms with Gasteiger partial charge in [-0.1, -0.05) is 45.0 Å². The molecule has 0 atom stereocenters. The van der Waals surface area contributed by atoms with Gasteiger partial charge >= 0.3 is 0 Å². The van der Waals surface area contributed by atoms with Crippen molar-refractivity contribution in [3.05, 3.63) is 42.2 Å². The summed E-state index contributed by atoms with van der Waals surface area (Å²) in [6.45, 7) is 5.80. The first-order valence-electron chi connectivity index (χ1n) is 6.02. The van der Waals surface area contributed by atoms with E-state index in [1.807, 2.05) is 64.5 Å². The molecular formula is C15H18N2O. The van der Waals surface area contributed by atoms with Crippen molar-refractivity contribution in [2.24, 2.45) is 12.5 Å². The quantitative estimate of drug-likeness (QED) is 0.757. The highest BCUT2D eigenvalue weighted by Crippen LogP contribution is 2.23. The highest BCUT2D eigenvalue weighted by molar-refractivity contribution is 6.00. The molecule has 3 nitrogen and oxygen atoms in total. The molecule has 0 spiro atoms. The summed E-state index contributed by atoms with van der Waals surface area (Å²) in [4.78, 5) is 12.1. The molecule has 1 aromatic carbocycles. The number of benzene rings is 1. The molecular weight excluding hydrogens is 224 g/mol. The van der Waals surface area contributed by atoms with Gasteiger partial charge in [0.1, 0.15) is 0 Å². The summed E-state index contributed by atoms with van der Waals surface area (Å²) >= 11 is 0. The topological polar surface area (TPSA) is 34.9 Å². The van der Waals surface area contributed by atoms with E-state index in [0.29, 0.717) is 0 Å². The van der Waals surface area contributed by atoms with Crippen molar-refractivity contribution in [3.63, 3.8) is 0 Å². The van der Waals surface area contributed by atoms with E-state index in [1.165, 1.54) is 0 Å². The first-order valence-corrected chi connectivity index (χ1v) is 6.02.